The number of rotatable bonds is 3. The van der Waals surface area contributed by atoms with Gasteiger partial charge in [-0.05, 0) is 18.9 Å². The molecule has 1 atom stereocenters. The second-order valence-electron chi connectivity index (χ2n) is 5.40. The van der Waals surface area contributed by atoms with Crippen LogP contribution in [0.3, 0.4) is 0 Å². The van der Waals surface area contributed by atoms with Crippen molar-refractivity contribution in [2.24, 2.45) is 7.05 Å². The second kappa shape index (κ2) is 6.00. The number of aromatic nitrogens is 4. The molecule has 1 aliphatic rings. The Labute approximate surface area is 127 Å². The summed E-state index contributed by atoms with van der Waals surface area (Å²) in [5.74, 6) is 0.253. The Bertz CT molecular complexity index is 708. The van der Waals surface area contributed by atoms with Crippen LogP contribution in [0.5, 0.6) is 0 Å². The van der Waals surface area contributed by atoms with Crippen molar-refractivity contribution in [3.8, 4) is 0 Å². The van der Waals surface area contributed by atoms with Crippen molar-refractivity contribution < 1.29 is 4.79 Å². The van der Waals surface area contributed by atoms with E-state index in [4.69, 9.17) is 0 Å². The predicted molar refractivity (Wildman–Crippen MR) is 80.8 cm³/mol. The van der Waals surface area contributed by atoms with Gasteiger partial charge in [-0.15, -0.1) is 0 Å². The van der Waals surface area contributed by atoms with Crippen LogP contribution in [0.1, 0.15) is 23.3 Å². The number of carbonyl (C=O) groups is 1. The SMILES string of the molecule is Cn1ccnc(N2CCC[C@@H](NC(=O)c3ccn[nH]3)C2)c1=O. The van der Waals surface area contributed by atoms with E-state index < -0.39 is 0 Å². The molecule has 0 bridgehead atoms. The van der Waals surface area contributed by atoms with E-state index in [0.29, 0.717) is 18.1 Å². The van der Waals surface area contributed by atoms with Gasteiger partial charge < -0.3 is 14.8 Å². The molecular formula is C14H18N6O2. The molecule has 2 aromatic rings. The summed E-state index contributed by atoms with van der Waals surface area (Å²) in [6.45, 7) is 1.34. The number of aromatic amines is 1. The second-order valence-corrected chi connectivity index (χ2v) is 5.40. The molecule has 0 spiro atoms. The van der Waals surface area contributed by atoms with Gasteiger partial charge in [0.1, 0.15) is 5.69 Å². The van der Waals surface area contributed by atoms with Gasteiger partial charge in [0.05, 0.1) is 0 Å². The van der Waals surface area contributed by atoms with Crippen molar-refractivity contribution >= 4 is 11.7 Å². The average Bonchev–Trinajstić information content (AvgIpc) is 3.05. The number of nitrogens with zero attached hydrogens (tertiary/aromatic N) is 4. The van der Waals surface area contributed by atoms with E-state index in [9.17, 15) is 9.59 Å². The third-order valence-electron chi connectivity index (χ3n) is 3.80. The summed E-state index contributed by atoms with van der Waals surface area (Å²) in [5, 5.41) is 9.38. The summed E-state index contributed by atoms with van der Waals surface area (Å²) in [7, 11) is 1.70. The average molecular weight is 302 g/mol. The number of hydrogen-bond acceptors (Lipinski definition) is 5. The zero-order valence-corrected chi connectivity index (χ0v) is 12.3. The lowest BCUT2D eigenvalue weighted by Gasteiger charge is -2.33. The van der Waals surface area contributed by atoms with Crippen LogP contribution in [0.4, 0.5) is 5.82 Å². The third kappa shape index (κ3) is 2.85. The van der Waals surface area contributed by atoms with Crippen LogP contribution in [0, 0.1) is 0 Å². The van der Waals surface area contributed by atoms with E-state index in [-0.39, 0.29) is 17.5 Å². The molecule has 1 amide bonds. The summed E-state index contributed by atoms with van der Waals surface area (Å²) in [6, 6.07) is 1.61. The minimum absolute atomic E-state index is 0.0173. The highest BCUT2D eigenvalue weighted by molar-refractivity contribution is 5.92. The predicted octanol–water partition coefficient (Wildman–Crippen LogP) is -0.0978. The first kappa shape index (κ1) is 14.3. The zero-order chi connectivity index (χ0) is 15.5. The van der Waals surface area contributed by atoms with E-state index in [1.54, 1.807) is 31.7 Å². The van der Waals surface area contributed by atoms with Crippen molar-refractivity contribution in [1.29, 1.82) is 0 Å². The Balaban J connectivity index is 1.70. The largest absolute Gasteiger partial charge is 0.350 e. The van der Waals surface area contributed by atoms with Gasteiger partial charge >= 0.3 is 0 Å². The molecule has 3 heterocycles. The number of amides is 1. The Morgan fingerprint density at radius 1 is 1.45 bits per heavy atom. The summed E-state index contributed by atoms with van der Waals surface area (Å²) in [4.78, 5) is 30.3. The number of hydrogen-bond donors (Lipinski definition) is 2. The monoisotopic (exact) mass is 302 g/mol. The van der Waals surface area contributed by atoms with Gasteiger partial charge in [-0.2, -0.15) is 5.10 Å². The lowest BCUT2D eigenvalue weighted by molar-refractivity contribution is 0.0928. The molecular weight excluding hydrogens is 284 g/mol. The van der Waals surface area contributed by atoms with Crippen LogP contribution in [-0.4, -0.2) is 44.8 Å². The molecule has 116 valence electrons. The van der Waals surface area contributed by atoms with Crippen LogP contribution >= 0.6 is 0 Å². The minimum atomic E-state index is -0.182. The molecule has 0 saturated carbocycles. The van der Waals surface area contributed by atoms with Gasteiger partial charge in [-0.3, -0.25) is 14.7 Å². The molecule has 2 N–H and O–H groups in total. The first-order valence-corrected chi connectivity index (χ1v) is 7.22. The zero-order valence-electron chi connectivity index (χ0n) is 12.3. The van der Waals surface area contributed by atoms with Crippen molar-refractivity contribution in [1.82, 2.24) is 25.1 Å². The molecule has 2 aromatic heterocycles. The fourth-order valence-corrected chi connectivity index (χ4v) is 2.63. The molecule has 1 fully saturated rings. The smallest absolute Gasteiger partial charge is 0.293 e. The summed E-state index contributed by atoms with van der Waals surface area (Å²) in [6.07, 6.45) is 6.56. The van der Waals surface area contributed by atoms with E-state index >= 15 is 0 Å². The van der Waals surface area contributed by atoms with Gasteiger partial charge in [0.25, 0.3) is 11.5 Å². The van der Waals surface area contributed by atoms with E-state index in [1.807, 2.05) is 4.90 Å². The van der Waals surface area contributed by atoms with Gasteiger partial charge in [0.2, 0.25) is 0 Å². The third-order valence-corrected chi connectivity index (χ3v) is 3.80. The number of anilines is 1. The van der Waals surface area contributed by atoms with Crippen LogP contribution in [0.25, 0.3) is 0 Å². The molecule has 3 rings (SSSR count). The van der Waals surface area contributed by atoms with Crippen molar-refractivity contribution in [2.75, 3.05) is 18.0 Å². The minimum Gasteiger partial charge on any atom is -0.350 e. The summed E-state index contributed by atoms with van der Waals surface area (Å²) >= 11 is 0. The molecule has 0 aliphatic carbocycles. The molecule has 1 aliphatic heterocycles. The van der Waals surface area contributed by atoms with Gasteiger partial charge in [-0.25, -0.2) is 4.98 Å². The van der Waals surface area contributed by atoms with Crippen LogP contribution < -0.4 is 15.8 Å². The lowest BCUT2D eigenvalue weighted by atomic mass is 10.1. The normalized spacial score (nSPS) is 18.2. The van der Waals surface area contributed by atoms with Crippen molar-refractivity contribution in [3.05, 3.63) is 40.7 Å². The number of nitrogens with one attached hydrogen (secondary N) is 2. The molecule has 1 saturated heterocycles. The highest BCUT2D eigenvalue weighted by Crippen LogP contribution is 2.14. The Morgan fingerprint density at radius 3 is 3.09 bits per heavy atom. The lowest BCUT2D eigenvalue weighted by Crippen LogP contribution is -2.49. The van der Waals surface area contributed by atoms with Crippen LogP contribution in [-0.2, 0) is 7.05 Å². The maximum Gasteiger partial charge on any atom is 0.293 e. The quantitative estimate of drug-likeness (QED) is 0.825. The molecule has 8 heteroatoms. The van der Waals surface area contributed by atoms with E-state index in [2.05, 4.69) is 20.5 Å². The number of H-pyrrole nitrogens is 1. The maximum absolute atomic E-state index is 12.1. The van der Waals surface area contributed by atoms with Crippen LogP contribution in [0.2, 0.25) is 0 Å². The standard InChI is InChI=1S/C14H18N6O2/c1-19-8-6-15-12(14(19)22)20-7-2-3-10(9-20)17-13(21)11-4-5-16-18-11/h4-6,8,10H,2-3,7,9H2,1H3,(H,16,18)(H,17,21)/t10-/m1/s1. The maximum atomic E-state index is 12.1. The van der Waals surface area contributed by atoms with Crippen LogP contribution in [0.15, 0.2) is 29.5 Å². The van der Waals surface area contributed by atoms with E-state index in [1.165, 1.54) is 4.57 Å². The van der Waals surface area contributed by atoms with Crippen molar-refractivity contribution in [2.45, 2.75) is 18.9 Å². The van der Waals surface area contributed by atoms with Gasteiger partial charge in [0, 0.05) is 44.8 Å². The van der Waals surface area contributed by atoms with Crippen molar-refractivity contribution in [3.63, 3.8) is 0 Å². The molecule has 0 radical (unpaired) electrons. The summed E-state index contributed by atoms with van der Waals surface area (Å²) in [5.41, 5.74) is 0.314. The first-order valence-electron chi connectivity index (χ1n) is 7.22. The number of carbonyl (C=O) groups excluding carboxylic acids is 1. The first-order chi connectivity index (χ1) is 10.6. The number of aryl methyl sites for hydroxylation is 1. The fraction of sp³-hybridized carbons (Fsp3) is 0.429. The number of piperidine rings is 1. The van der Waals surface area contributed by atoms with E-state index in [0.717, 1.165) is 19.4 Å². The summed E-state index contributed by atoms with van der Waals surface area (Å²) < 4.78 is 1.51. The highest BCUT2D eigenvalue weighted by atomic mass is 16.2. The Kier molecular flexibility index (Phi) is 3.90. The Hall–Kier alpha value is -2.64. The highest BCUT2D eigenvalue weighted by Gasteiger charge is 2.24. The van der Waals surface area contributed by atoms with Gasteiger partial charge in [0.15, 0.2) is 5.82 Å². The fourth-order valence-electron chi connectivity index (χ4n) is 2.63. The van der Waals surface area contributed by atoms with Gasteiger partial charge in [-0.1, -0.05) is 0 Å². The molecule has 8 nitrogen and oxygen atoms in total. The topological polar surface area (TPSA) is 95.9 Å². The molecule has 0 unspecified atom stereocenters. The Morgan fingerprint density at radius 2 is 2.32 bits per heavy atom. The molecule has 22 heavy (non-hydrogen) atoms. The molecule has 0 aromatic carbocycles.